The average Bonchev–Trinajstić information content (AvgIpc) is 3.13. The largest absolute Gasteiger partial charge is 0.364 e. The Morgan fingerprint density at radius 1 is 1.34 bits per heavy atom. The van der Waals surface area contributed by atoms with E-state index in [9.17, 15) is 13.2 Å². The van der Waals surface area contributed by atoms with E-state index >= 15 is 0 Å². The zero-order valence-corrected chi connectivity index (χ0v) is 16.8. The van der Waals surface area contributed by atoms with Gasteiger partial charge in [0, 0.05) is 17.7 Å². The fraction of sp³-hybridized carbons (Fsp3) is 0.474. The standard InChI is InChI=1S/C19H21N5O4S/c1-11-17-15(19(25)20-9-13-4-6-28-23-13)8-16(12-2-3-12)21-18(17)24(22-11)14-5-7-29(26,27)10-14/h4,6,8,12,14H,2-3,5,7,9-10H2,1H3,(H,20,25). The summed E-state index contributed by atoms with van der Waals surface area (Å²) in [5.74, 6) is 0.332. The van der Waals surface area contributed by atoms with Crippen LogP contribution in [0.4, 0.5) is 0 Å². The number of nitrogens with one attached hydrogen (secondary N) is 1. The van der Waals surface area contributed by atoms with Crippen molar-refractivity contribution in [2.24, 2.45) is 0 Å². The molecule has 1 saturated carbocycles. The van der Waals surface area contributed by atoms with Gasteiger partial charge in [-0.2, -0.15) is 5.10 Å². The second-order valence-corrected chi connectivity index (χ2v) is 10.1. The minimum atomic E-state index is -3.06. The van der Waals surface area contributed by atoms with Crippen LogP contribution in [0.1, 0.15) is 58.7 Å². The number of sulfone groups is 1. The van der Waals surface area contributed by atoms with E-state index < -0.39 is 9.84 Å². The van der Waals surface area contributed by atoms with Gasteiger partial charge in [-0.25, -0.2) is 18.1 Å². The number of aromatic nitrogens is 4. The number of fused-ring (bicyclic) bond motifs is 1. The van der Waals surface area contributed by atoms with Crippen LogP contribution in [0.15, 0.2) is 22.9 Å². The summed E-state index contributed by atoms with van der Waals surface area (Å²) < 4.78 is 30.5. The van der Waals surface area contributed by atoms with E-state index in [-0.39, 0.29) is 30.0 Å². The van der Waals surface area contributed by atoms with Crippen LogP contribution < -0.4 is 5.32 Å². The lowest BCUT2D eigenvalue weighted by atomic mass is 10.1. The highest BCUT2D eigenvalue weighted by atomic mass is 32.2. The molecule has 2 fully saturated rings. The molecule has 0 spiro atoms. The predicted octanol–water partition coefficient (Wildman–Crippen LogP) is 1.89. The molecule has 10 heteroatoms. The molecule has 152 valence electrons. The second kappa shape index (κ2) is 6.65. The van der Waals surface area contributed by atoms with Gasteiger partial charge in [0.2, 0.25) is 0 Å². The van der Waals surface area contributed by atoms with Crippen molar-refractivity contribution in [3.8, 4) is 0 Å². The quantitative estimate of drug-likeness (QED) is 0.676. The summed E-state index contributed by atoms with van der Waals surface area (Å²) in [6, 6.07) is 3.30. The first-order valence-corrected chi connectivity index (χ1v) is 11.5. The molecule has 1 unspecified atom stereocenters. The summed E-state index contributed by atoms with van der Waals surface area (Å²) in [4.78, 5) is 17.8. The zero-order valence-electron chi connectivity index (χ0n) is 16.0. The number of nitrogens with zero attached hydrogens (tertiary/aromatic N) is 4. The zero-order chi connectivity index (χ0) is 20.2. The number of pyridine rings is 1. The highest BCUT2D eigenvalue weighted by Crippen LogP contribution is 2.41. The molecule has 1 aliphatic carbocycles. The number of aryl methyl sites for hydroxylation is 1. The fourth-order valence-electron chi connectivity index (χ4n) is 3.92. The summed E-state index contributed by atoms with van der Waals surface area (Å²) >= 11 is 0. The number of hydrogen-bond donors (Lipinski definition) is 1. The number of hydrogen-bond acceptors (Lipinski definition) is 7. The first kappa shape index (κ1) is 18.3. The third kappa shape index (κ3) is 3.41. The van der Waals surface area contributed by atoms with Crippen molar-refractivity contribution in [3.05, 3.63) is 41.0 Å². The Balaban J connectivity index is 1.57. The number of amides is 1. The highest BCUT2D eigenvalue weighted by Gasteiger charge is 2.34. The Hall–Kier alpha value is -2.75. The van der Waals surface area contributed by atoms with Crippen molar-refractivity contribution in [2.45, 2.75) is 44.7 Å². The van der Waals surface area contributed by atoms with E-state index in [2.05, 4.69) is 15.6 Å². The van der Waals surface area contributed by atoms with Crippen LogP contribution in [0, 0.1) is 6.92 Å². The molecule has 9 nitrogen and oxygen atoms in total. The van der Waals surface area contributed by atoms with Crippen molar-refractivity contribution in [3.63, 3.8) is 0 Å². The van der Waals surface area contributed by atoms with Crippen LogP contribution >= 0.6 is 0 Å². The lowest BCUT2D eigenvalue weighted by molar-refractivity contribution is 0.0951. The van der Waals surface area contributed by atoms with Crippen LogP contribution in [0.25, 0.3) is 11.0 Å². The topological polar surface area (TPSA) is 120 Å². The van der Waals surface area contributed by atoms with Gasteiger partial charge < -0.3 is 9.84 Å². The molecule has 1 saturated heterocycles. The molecule has 5 rings (SSSR count). The van der Waals surface area contributed by atoms with Crippen LogP contribution in [0.2, 0.25) is 0 Å². The van der Waals surface area contributed by atoms with Gasteiger partial charge in [0.1, 0.15) is 12.0 Å². The van der Waals surface area contributed by atoms with Crippen LogP contribution in [-0.2, 0) is 16.4 Å². The number of rotatable bonds is 5. The first-order chi connectivity index (χ1) is 13.9. The monoisotopic (exact) mass is 415 g/mol. The fourth-order valence-corrected chi connectivity index (χ4v) is 5.61. The van der Waals surface area contributed by atoms with Gasteiger partial charge in [-0.3, -0.25) is 4.79 Å². The molecule has 1 amide bonds. The van der Waals surface area contributed by atoms with Gasteiger partial charge in [-0.1, -0.05) is 5.16 Å². The SMILES string of the molecule is Cc1nn(C2CCS(=O)(=O)C2)c2nc(C3CC3)cc(C(=O)NCc3ccon3)c12. The normalized spacial score (nSPS) is 20.9. The molecule has 3 aromatic heterocycles. The van der Waals surface area contributed by atoms with E-state index in [1.54, 1.807) is 10.7 Å². The van der Waals surface area contributed by atoms with Crippen molar-refractivity contribution in [1.82, 2.24) is 25.2 Å². The lowest BCUT2D eigenvalue weighted by Crippen LogP contribution is -2.23. The third-order valence-corrected chi connectivity index (χ3v) is 7.32. The Bertz CT molecular complexity index is 1200. The molecule has 0 radical (unpaired) electrons. The Kier molecular flexibility index (Phi) is 4.19. The van der Waals surface area contributed by atoms with Crippen LogP contribution in [0.5, 0.6) is 0 Å². The van der Waals surface area contributed by atoms with Crippen LogP contribution in [0.3, 0.4) is 0 Å². The molecule has 0 aromatic carbocycles. The van der Waals surface area contributed by atoms with Gasteiger partial charge >= 0.3 is 0 Å². The second-order valence-electron chi connectivity index (χ2n) is 7.83. The average molecular weight is 415 g/mol. The molecule has 29 heavy (non-hydrogen) atoms. The van der Waals surface area contributed by atoms with Gasteiger partial charge in [-0.15, -0.1) is 0 Å². The summed E-state index contributed by atoms with van der Waals surface area (Å²) in [5, 5.41) is 12.0. The predicted molar refractivity (Wildman–Crippen MR) is 104 cm³/mol. The van der Waals surface area contributed by atoms with Gasteiger partial charge in [0.05, 0.1) is 40.7 Å². The molecule has 3 aromatic rings. The summed E-state index contributed by atoms with van der Waals surface area (Å²) in [5.41, 5.74) is 3.29. The Morgan fingerprint density at radius 3 is 2.83 bits per heavy atom. The van der Waals surface area contributed by atoms with E-state index in [1.807, 2.05) is 13.0 Å². The number of carbonyl (C=O) groups excluding carboxylic acids is 1. The lowest BCUT2D eigenvalue weighted by Gasteiger charge is -2.12. The van der Waals surface area contributed by atoms with Crippen molar-refractivity contribution in [2.75, 3.05) is 11.5 Å². The molecule has 0 bridgehead atoms. The van der Waals surface area contributed by atoms with Gasteiger partial charge in [0.25, 0.3) is 5.91 Å². The van der Waals surface area contributed by atoms with Gasteiger partial charge in [0.15, 0.2) is 15.5 Å². The Morgan fingerprint density at radius 2 is 2.17 bits per heavy atom. The van der Waals surface area contributed by atoms with Crippen molar-refractivity contribution in [1.29, 1.82) is 0 Å². The molecular weight excluding hydrogens is 394 g/mol. The molecular formula is C19H21N5O4S. The first-order valence-electron chi connectivity index (χ1n) is 9.69. The maximum atomic E-state index is 13.0. The smallest absolute Gasteiger partial charge is 0.252 e. The van der Waals surface area contributed by atoms with E-state index in [0.29, 0.717) is 40.3 Å². The highest BCUT2D eigenvalue weighted by molar-refractivity contribution is 7.91. The number of carbonyl (C=O) groups is 1. The molecule has 2 aliphatic rings. The Labute approximate surface area is 167 Å². The summed E-state index contributed by atoms with van der Waals surface area (Å²) in [7, 11) is -3.06. The summed E-state index contributed by atoms with van der Waals surface area (Å²) in [6.45, 7) is 2.08. The maximum Gasteiger partial charge on any atom is 0.252 e. The summed E-state index contributed by atoms with van der Waals surface area (Å²) in [6.07, 6.45) is 4.07. The van der Waals surface area contributed by atoms with Gasteiger partial charge in [-0.05, 0) is 32.3 Å². The van der Waals surface area contributed by atoms with E-state index in [0.717, 1.165) is 18.5 Å². The van der Waals surface area contributed by atoms with Crippen LogP contribution in [-0.4, -0.2) is 45.8 Å². The minimum Gasteiger partial charge on any atom is -0.364 e. The van der Waals surface area contributed by atoms with E-state index in [4.69, 9.17) is 9.51 Å². The third-order valence-electron chi connectivity index (χ3n) is 5.57. The van der Waals surface area contributed by atoms with Crippen molar-refractivity contribution < 1.29 is 17.7 Å². The molecule has 1 aliphatic heterocycles. The van der Waals surface area contributed by atoms with E-state index in [1.165, 1.54) is 6.26 Å². The molecule has 1 atom stereocenters. The minimum absolute atomic E-state index is 0.0618. The molecule has 1 N–H and O–H groups in total. The molecule has 4 heterocycles. The maximum absolute atomic E-state index is 13.0. The van der Waals surface area contributed by atoms with Crippen molar-refractivity contribution >= 4 is 26.8 Å².